The van der Waals surface area contributed by atoms with Crippen LogP contribution in [0.3, 0.4) is 0 Å². The van der Waals surface area contributed by atoms with E-state index in [-0.39, 0.29) is 47.5 Å². The number of carbonyl (C=O) groups excluding carboxylic acids is 1. The predicted octanol–water partition coefficient (Wildman–Crippen LogP) is 1.05. The molecule has 0 saturated heterocycles. The number of sulfonamides is 1. The van der Waals surface area contributed by atoms with Gasteiger partial charge in [0.2, 0.25) is 10.0 Å². The van der Waals surface area contributed by atoms with E-state index in [0.717, 1.165) is 0 Å². The summed E-state index contributed by atoms with van der Waals surface area (Å²) in [5, 5.41) is 2.62. The summed E-state index contributed by atoms with van der Waals surface area (Å²) in [4.78, 5) is 11.4. The minimum Gasteiger partial charge on any atom is -0.495 e. The Labute approximate surface area is 154 Å². The van der Waals surface area contributed by atoms with Gasteiger partial charge >= 0.3 is 0 Å². The minimum atomic E-state index is -3.81. The van der Waals surface area contributed by atoms with Crippen molar-refractivity contribution in [3.63, 3.8) is 0 Å². The summed E-state index contributed by atoms with van der Waals surface area (Å²) in [5.74, 6) is 0.124. The zero-order valence-electron chi connectivity index (χ0n) is 14.7. The molecule has 2 rings (SSSR count). The Morgan fingerprint density at radius 2 is 2.04 bits per heavy atom. The summed E-state index contributed by atoms with van der Waals surface area (Å²) in [6.45, 7) is 4.23. The molecule has 0 spiro atoms. The molecule has 0 aliphatic carbocycles. The number of amides is 1. The zero-order chi connectivity index (χ0) is 18.1. The lowest BCUT2D eigenvalue weighted by atomic mass is 9.94. The van der Waals surface area contributed by atoms with Gasteiger partial charge in [-0.15, -0.1) is 12.4 Å². The molecule has 1 heterocycles. The molecular formula is C15H24ClN3O5S. The smallest absolute Gasteiger partial charge is 0.262 e. The summed E-state index contributed by atoms with van der Waals surface area (Å²) >= 11 is 0. The van der Waals surface area contributed by atoms with Gasteiger partial charge in [-0.2, -0.15) is 0 Å². The normalized spacial score (nSPS) is 14.2. The Balaban J connectivity index is 0.00000312. The van der Waals surface area contributed by atoms with Crippen molar-refractivity contribution in [1.29, 1.82) is 0 Å². The summed E-state index contributed by atoms with van der Waals surface area (Å²) in [7, 11) is -0.947. The molecule has 0 fully saturated rings. The van der Waals surface area contributed by atoms with E-state index in [2.05, 4.69) is 5.32 Å². The number of halogens is 1. The predicted molar refractivity (Wildman–Crippen MR) is 97.0 cm³/mol. The van der Waals surface area contributed by atoms with E-state index in [0.29, 0.717) is 18.0 Å². The fraction of sp³-hybridized carbons (Fsp3) is 0.533. The van der Waals surface area contributed by atoms with Gasteiger partial charge in [0, 0.05) is 25.7 Å². The highest BCUT2D eigenvalue weighted by atomic mass is 35.5. The van der Waals surface area contributed by atoms with Crippen molar-refractivity contribution in [1.82, 2.24) is 4.31 Å². The maximum absolute atomic E-state index is 12.9. The zero-order valence-corrected chi connectivity index (χ0v) is 16.3. The van der Waals surface area contributed by atoms with E-state index >= 15 is 0 Å². The second-order valence-corrected chi connectivity index (χ2v) is 8.48. The van der Waals surface area contributed by atoms with E-state index in [1.165, 1.54) is 30.6 Å². The number of carbonyl (C=O) groups is 1. The minimum absolute atomic E-state index is 0. The topological polar surface area (TPSA) is 111 Å². The summed E-state index contributed by atoms with van der Waals surface area (Å²) in [5.41, 5.74) is 5.70. The Bertz CT molecular complexity index is 752. The summed E-state index contributed by atoms with van der Waals surface area (Å²) in [6, 6.07) is 2.82. The molecule has 0 bridgehead atoms. The first-order valence-electron chi connectivity index (χ1n) is 7.42. The number of nitrogens with one attached hydrogen (secondary N) is 1. The van der Waals surface area contributed by atoms with Crippen molar-refractivity contribution in [2.24, 2.45) is 11.1 Å². The monoisotopic (exact) mass is 393 g/mol. The van der Waals surface area contributed by atoms with Gasteiger partial charge in [0.1, 0.15) is 16.4 Å². The van der Waals surface area contributed by atoms with Crippen LogP contribution >= 0.6 is 12.4 Å². The fourth-order valence-corrected chi connectivity index (χ4v) is 3.88. The highest BCUT2D eigenvalue weighted by Gasteiger charge is 2.31. The standard InChI is InChI=1S/C15H23N3O5S.ClH/c1-15(2,8-16)9-18(3)24(20,21)13-6-11-10(5-12(13)22-4)17-14(19)7-23-11;/h5-6H,7-9,16H2,1-4H3,(H,17,19);1H. The van der Waals surface area contributed by atoms with Crippen LogP contribution in [0.15, 0.2) is 17.0 Å². The number of fused-ring (bicyclic) bond motifs is 1. The maximum Gasteiger partial charge on any atom is 0.262 e. The first-order valence-corrected chi connectivity index (χ1v) is 8.86. The number of rotatable bonds is 6. The average Bonchev–Trinajstić information content (AvgIpc) is 2.52. The molecule has 1 aliphatic heterocycles. The van der Waals surface area contributed by atoms with Gasteiger partial charge in [0.05, 0.1) is 12.8 Å². The Kier molecular flexibility index (Phi) is 6.68. The SMILES string of the molecule is COc1cc2c(cc1S(=O)(=O)N(C)CC(C)(C)CN)OCC(=O)N2.Cl. The highest BCUT2D eigenvalue weighted by molar-refractivity contribution is 7.89. The number of methoxy groups -OCH3 is 1. The Morgan fingerprint density at radius 3 is 2.60 bits per heavy atom. The largest absolute Gasteiger partial charge is 0.495 e. The molecule has 0 atom stereocenters. The molecule has 0 saturated carbocycles. The third-order valence-corrected chi connectivity index (χ3v) is 5.61. The number of anilines is 1. The highest BCUT2D eigenvalue weighted by Crippen LogP contribution is 2.38. The van der Waals surface area contributed by atoms with Crippen LogP contribution in [-0.2, 0) is 14.8 Å². The number of hydrogen-bond acceptors (Lipinski definition) is 6. The average molecular weight is 394 g/mol. The van der Waals surface area contributed by atoms with Gasteiger partial charge in [-0.3, -0.25) is 4.79 Å². The van der Waals surface area contributed by atoms with Crippen molar-refractivity contribution in [2.75, 3.05) is 39.2 Å². The quantitative estimate of drug-likeness (QED) is 0.747. The van der Waals surface area contributed by atoms with Crippen LogP contribution in [0.5, 0.6) is 11.5 Å². The Morgan fingerprint density at radius 1 is 1.40 bits per heavy atom. The number of nitrogens with two attached hydrogens (primary N) is 1. The molecule has 1 aromatic rings. The van der Waals surface area contributed by atoms with Crippen LogP contribution < -0.4 is 20.5 Å². The number of hydrogen-bond donors (Lipinski definition) is 2. The first-order chi connectivity index (χ1) is 11.1. The number of nitrogens with zero attached hydrogens (tertiary/aromatic N) is 1. The van der Waals surface area contributed by atoms with Crippen LogP contribution in [0.4, 0.5) is 5.69 Å². The molecule has 0 unspecified atom stereocenters. The van der Waals surface area contributed by atoms with Crippen molar-refractivity contribution in [3.8, 4) is 11.5 Å². The van der Waals surface area contributed by atoms with Crippen molar-refractivity contribution < 1.29 is 22.7 Å². The van der Waals surface area contributed by atoms with Crippen LogP contribution in [0.2, 0.25) is 0 Å². The van der Waals surface area contributed by atoms with Gasteiger partial charge in [-0.25, -0.2) is 12.7 Å². The van der Waals surface area contributed by atoms with E-state index in [4.69, 9.17) is 15.2 Å². The lowest BCUT2D eigenvalue weighted by molar-refractivity contribution is -0.118. The van der Waals surface area contributed by atoms with Gasteiger partial charge in [0.25, 0.3) is 5.91 Å². The summed E-state index contributed by atoms with van der Waals surface area (Å²) in [6.07, 6.45) is 0. The second-order valence-electron chi connectivity index (χ2n) is 6.47. The third-order valence-electron chi connectivity index (χ3n) is 3.79. The molecular weight excluding hydrogens is 370 g/mol. The van der Waals surface area contributed by atoms with Gasteiger partial charge in [0.15, 0.2) is 6.61 Å². The molecule has 142 valence electrons. The number of benzene rings is 1. The molecule has 1 amide bonds. The second kappa shape index (κ2) is 7.77. The fourth-order valence-electron chi connectivity index (χ4n) is 2.37. The first kappa shape index (κ1) is 21.5. The van der Waals surface area contributed by atoms with Crippen molar-refractivity contribution in [2.45, 2.75) is 18.7 Å². The molecule has 8 nitrogen and oxygen atoms in total. The summed E-state index contributed by atoms with van der Waals surface area (Å²) < 4.78 is 37.6. The maximum atomic E-state index is 12.9. The van der Waals surface area contributed by atoms with Crippen molar-refractivity contribution >= 4 is 34.0 Å². The molecule has 0 aromatic heterocycles. The molecule has 25 heavy (non-hydrogen) atoms. The molecule has 0 radical (unpaired) electrons. The lowest BCUT2D eigenvalue weighted by Crippen LogP contribution is -2.39. The van der Waals surface area contributed by atoms with Crippen LogP contribution in [-0.4, -0.2) is 52.5 Å². The Hall–Kier alpha value is -1.55. The van der Waals surface area contributed by atoms with E-state index < -0.39 is 10.0 Å². The van der Waals surface area contributed by atoms with E-state index in [9.17, 15) is 13.2 Å². The van der Waals surface area contributed by atoms with Gasteiger partial charge < -0.3 is 20.5 Å². The van der Waals surface area contributed by atoms with Gasteiger partial charge in [-0.1, -0.05) is 13.8 Å². The van der Waals surface area contributed by atoms with Crippen molar-refractivity contribution in [3.05, 3.63) is 12.1 Å². The molecule has 1 aliphatic rings. The van der Waals surface area contributed by atoms with Crippen LogP contribution in [0.1, 0.15) is 13.8 Å². The molecule has 1 aromatic carbocycles. The van der Waals surface area contributed by atoms with Gasteiger partial charge in [-0.05, 0) is 12.0 Å². The molecule has 3 N–H and O–H groups in total. The van der Waals surface area contributed by atoms with Crippen LogP contribution in [0.25, 0.3) is 0 Å². The lowest BCUT2D eigenvalue weighted by Gasteiger charge is -2.29. The number of ether oxygens (including phenoxy) is 2. The third kappa shape index (κ3) is 4.55. The van der Waals surface area contributed by atoms with E-state index in [1.54, 1.807) is 0 Å². The van der Waals surface area contributed by atoms with Crippen LogP contribution in [0, 0.1) is 5.41 Å². The van der Waals surface area contributed by atoms with E-state index in [1.807, 2.05) is 13.8 Å². The molecule has 10 heteroatoms.